The standard InChI is InChI=1S/C38H27N3/c1-2-6-25(13-18-39)33-23-35(27-14-19-40-20-15-27)31-12-10-30-34(26-7-4-3-5-8-26)24-36(28-16-21-41-22-17-28)32-11-9-29(33)37(31)38(30)32/h2-24H,1,39H2/b18-13-,25-6+. The van der Waals surface area contributed by atoms with Crippen molar-refractivity contribution in [3.8, 4) is 33.4 Å². The molecule has 0 aliphatic heterocycles. The summed E-state index contributed by atoms with van der Waals surface area (Å²) in [5.41, 5.74) is 15.0. The predicted molar refractivity (Wildman–Crippen MR) is 174 cm³/mol. The molecule has 0 fully saturated rings. The molecule has 2 heterocycles. The first-order chi connectivity index (χ1) is 20.3. The zero-order valence-electron chi connectivity index (χ0n) is 22.5. The van der Waals surface area contributed by atoms with Crippen LogP contribution in [0.2, 0.25) is 0 Å². The molecule has 0 saturated heterocycles. The van der Waals surface area contributed by atoms with Crippen LogP contribution in [-0.4, -0.2) is 9.97 Å². The lowest BCUT2D eigenvalue weighted by molar-refractivity contribution is 1.33. The molecule has 2 aromatic heterocycles. The van der Waals surface area contributed by atoms with E-state index in [9.17, 15) is 0 Å². The molecule has 7 rings (SSSR count). The molecule has 0 atom stereocenters. The molecule has 0 amide bonds. The molecule has 0 unspecified atom stereocenters. The number of hydrogen-bond acceptors (Lipinski definition) is 3. The molecule has 0 saturated carbocycles. The highest BCUT2D eigenvalue weighted by Gasteiger charge is 2.20. The number of allylic oxidation sites excluding steroid dienone is 4. The number of nitrogens with two attached hydrogens (primary N) is 1. The maximum atomic E-state index is 5.93. The Kier molecular flexibility index (Phi) is 6.10. The molecule has 0 spiro atoms. The maximum absolute atomic E-state index is 5.93. The fourth-order valence-corrected chi connectivity index (χ4v) is 6.09. The molecule has 3 heteroatoms. The van der Waals surface area contributed by atoms with Gasteiger partial charge in [-0.15, -0.1) is 0 Å². The van der Waals surface area contributed by atoms with Gasteiger partial charge in [0, 0.05) is 24.8 Å². The number of pyridine rings is 2. The van der Waals surface area contributed by atoms with Crippen molar-refractivity contribution in [1.82, 2.24) is 9.97 Å². The highest BCUT2D eigenvalue weighted by atomic mass is 14.6. The SMILES string of the molecule is C=C/C=C(\C=C/N)c1cc(-c2ccncc2)c2ccc3c(-c4ccccc4)cc(-c4ccncc4)c4ccc1c2c43. The average molecular weight is 526 g/mol. The van der Waals surface area contributed by atoms with Gasteiger partial charge in [-0.2, -0.15) is 0 Å². The average Bonchev–Trinajstić information content (AvgIpc) is 3.04. The molecule has 7 aromatic rings. The van der Waals surface area contributed by atoms with Gasteiger partial charge in [0.15, 0.2) is 0 Å². The summed E-state index contributed by atoms with van der Waals surface area (Å²) in [6, 6.07) is 32.7. The summed E-state index contributed by atoms with van der Waals surface area (Å²) in [7, 11) is 0. The van der Waals surface area contributed by atoms with Gasteiger partial charge in [-0.3, -0.25) is 9.97 Å². The first kappa shape index (κ1) is 24.5. The van der Waals surface area contributed by atoms with E-state index in [2.05, 4.69) is 108 Å². The zero-order chi connectivity index (χ0) is 27.8. The third kappa shape index (κ3) is 4.07. The molecule has 0 aliphatic rings. The van der Waals surface area contributed by atoms with Crippen molar-refractivity contribution >= 4 is 37.9 Å². The fraction of sp³-hybridized carbons (Fsp3) is 0. The Morgan fingerprint density at radius 2 is 1.07 bits per heavy atom. The van der Waals surface area contributed by atoms with Crippen molar-refractivity contribution in [3.05, 3.63) is 152 Å². The second kappa shape index (κ2) is 10.2. The normalized spacial score (nSPS) is 12.1. The quantitative estimate of drug-likeness (QED) is 0.174. The van der Waals surface area contributed by atoms with Crippen LogP contribution < -0.4 is 5.73 Å². The van der Waals surface area contributed by atoms with Crippen LogP contribution in [0.3, 0.4) is 0 Å². The van der Waals surface area contributed by atoms with Gasteiger partial charge in [0.05, 0.1) is 0 Å². The second-order valence-corrected chi connectivity index (χ2v) is 10.1. The first-order valence-electron chi connectivity index (χ1n) is 13.6. The summed E-state index contributed by atoms with van der Waals surface area (Å²) >= 11 is 0. The van der Waals surface area contributed by atoms with E-state index in [1.54, 1.807) is 6.20 Å². The summed E-state index contributed by atoms with van der Waals surface area (Å²) in [6.07, 6.45) is 14.8. The van der Waals surface area contributed by atoms with Gasteiger partial charge in [-0.1, -0.05) is 73.3 Å². The molecule has 194 valence electrons. The summed E-state index contributed by atoms with van der Waals surface area (Å²) < 4.78 is 0. The van der Waals surface area contributed by atoms with E-state index in [-0.39, 0.29) is 0 Å². The number of benzene rings is 5. The highest BCUT2D eigenvalue weighted by Crippen LogP contribution is 2.47. The molecule has 0 aliphatic carbocycles. The number of hydrogen-bond donors (Lipinski definition) is 1. The molecule has 5 aromatic carbocycles. The van der Waals surface area contributed by atoms with Gasteiger partial charge in [0.2, 0.25) is 0 Å². The van der Waals surface area contributed by atoms with Gasteiger partial charge >= 0.3 is 0 Å². The highest BCUT2D eigenvalue weighted by molar-refractivity contribution is 6.31. The topological polar surface area (TPSA) is 51.8 Å². The molecule has 0 bridgehead atoms. The Hall–Kier alpha value is -5.54. The zero-order valence-corrected chi connectivity index (χ0v) is 22.5. The van der Waals surface area contributed by atoms with E-state index in [1.165, 1.54) is 49.0 Å². The summed E-state index contributed by atoms with van der Waals surface area (Å²) in [6.45, 7) is 3.98. The van der Waals surface area contributed by atoms with Gasteiger partial charge < -0.3 is 5.73 Å². The van der Waals surface area contributed by atoms with E-state index < -0.39 is 0 Å². The molecular formula is C38H27N3. The van der Waals surface area contributed by atoms with Crippen LogP contribution in [0.25, 0.3) is 71.3 Å². The van der Waals surface area contributed by atoms with Crippen molar-refractivity contribution in [1.29, 1.82) is 0 Å². The first-order valence-corrected chi connectivity index (χ1v) is 13.6. The molecule has 2 N–H and O–H groups in total. The Labute approximate surface area is 239 Å². The van der Waals surface area contributed by atoms with Crippen molar-refractivity contribution in [2.75, 3.05) is 0 Å². The van der Waals surface area contributed by atoms with Crippen LogP contribution in [0.4, 0.5) is 0 Å². The molecular weight excluding hydrogens is 498 g/mol. The Morgan fingerprint density at radius 1 is 0.585 bits per heavy atom. The molecule has 41 heavy (non-hydrogen) atoms. The van der Waals surface area contributed by atoms with Crippen molar-refractivity contribution in [3.63, 3.8) is 0 Å². The Balaban J connectivity index is 1.72. The van der Waals surface area contributed by atoms with E-state index >= 15 is 0 Å². The largest absolute Gasteiger partial charge is 0.405 e. The van der Waals surface area contributed by atoms with Crippen LogP contribution in [0, 0.1) is 0 Å². The summed E-state index contributed by atoms with van der Waals surface area (Å²) in [5.74, 6) is 0. The van der Waals surface area contributed by atoms with Crippen LogP contribution in [-0.2, 0) is 0 Å². The van der Waals surface area contributed by atoms with E-state index in [4.69, 9.17) is 5.73 Å². The maximum Gasteiger partial charge on any atom is 0.0273 e. The monoisotopic (exact) mass is 525 g/mol. The van der Waals surface area contributed by atoms with Crippen LogP contribution in [0.5, 0.6) is 0 Å². The Morgan fingerprint density at radius 3 is 1.61 bits per heavy atom. The smallest absolute Gasteiger partial charge is 0.0273 e. The lowest BCUT2D eigenvalue weighted by Gasteiger charge is -2.21. The van der Waals surface area contributed by atoms with Crippen LogP contribution in [0.1, 0.15) is 5.56 Å². The van der Waals surface area contributed by atoms with Crippen LogP contribution >= 0.6 is 0 Å². The third-order valence-corrected chi connectivity index (χ3v) is 7.85. The number of rotatable bonds is 6. The lowest BCUT2D eigenvalue weighted by atomic mass is 9.82. The molecule has 0 radical (unpaired) electrons. The van der Waals surface area contributed by atoms with Crippen molar-refractivity contribution < 1.29 is 0 Å². The molecule has 3 nitrogen and oxygen atoms in total. The van der Waals surface area contributed by atoms with E-state index in [1.807, 2.05) is 43.0 Å². The predicted octanol–water partition coefficient (Wildman–Crippen LogP) is 9.42. The lowest BCUT2D eigenvalue weighted by Crippen LogP contribution is -1.95. The Bertz CT molecular complexity index is 2030. The van der Waals surface area contributed by atoms with Crippen molar-refractivity contribution in [2.24, 2.45) is 5.73 Å². The third-order valence-electron chi connectivity index (χ3n) is 7.85. The fourth-order valence-electron chi connectivity index (χ4n) is 6.09. The minimum Gasteiger partial charge on any atom is -0.405 e. The number of nitrogens with zero attached hydrogens (tertiary/aromatic N) is 2. The van der Waals surface area contributed by atoms with Crippen molar-refractivity contribution in [2.45, 2.75) is 0 Å². The van der Waals surface area contributed by atoms with E-state index in [0.29, 0.717) is 0 Å². The van der Waals surface area contributed by atoms with Gasteiger partial charge in [-0.25, -0.2) is 0 Å². The van der Waals surface area contributed by atoms with Gasteiger partial charge in [0.1, 0.15) is 0 Å². The second-order valence-electron chi connectivity index (χ2n) is 10.1. The van der Waals surface area contributed by atoms with E-state index in [0.717, 1.165) is 27.8 Å². The summed E-state index contributed by atoms with van der Waals surface area (Å²) in [5, 5.41) is 7.30. The van der Waals surface area contributed by atoms with Gasteiger partial charge in [0.25, 0.3) is 0 Å². The van der Waals surface area contributed by atoms with Crippen LogP contribution in [0.15, 0.2) is 147 Å². The number of aromatic nitrogens is 2. The minimum atomic E-state index is 1.01. The minimum absolute atomic E-state index is 1.01. The summed E-state index contributed by atoms with van der Waals surface area (Å²) in [4.78, 5) is 8.57. The van der Waals surface area contributed by atoms with Gasteiger partial charge in [-0.05, 0) is 126 Å².